The molecule has 0 aliphatic heterocycles. The first kappa shape index (κ1) is 23.8. The maximum atomic E-state index is 12.6. The van der Waals surface area contributed by atoms with Gasteiger partial charge in [-0.3, -0.25) is 20.4 Å². The minimum absolute atomic E-state index is 0.0302. The van der Waals surface area contributed by atoms with Crippen molar-refractivity contribution in [3.05, 3.63) is 58.6 Å². The molecule has 3 N–H and O–H groups in total. The summed E-state index contributed by atoms with van der Waals surface area (Å²) in [5.41, 5.74) is 4.89. The first-order valence-electron chi connectivity index (χ1n) is 9.25. The highest BCUT2D eigenvalue weighted by atomic mass is 79.9. The van der Waals surface area contributed by atoms with Crippen molar-refractivity contribution in [2.24, 2.45) is 5.92 Å². The average molecular weight is 498 g/mol. The Morgan fingerprint density at radius 1 is 1.00 bits per heavy atom. The number of hydrogen-bond acceptors (Lipinski definition) is 5. The summed E-state index contributed by atoms with van der Waals surface area (Å²) < 4.78 is 33.6. The lowest BCUT2D eigenvalue weighted by Gasteiger charge is -2.21. The molecule has 0 saturated heterocycles. The number of halogens is 1. The average Bonchev–Trinajstić information content (AvgIpc) is 2.71. The fraction of sp³-hybridized carbons (Fsp3) is 0.300. The number of ether oxygens (including phenoxy) is 1. The van der Waals surface area contributed by atoms with Crippen molar-refractivity contribution in [2.75, 3.05) is 6.61 Å². The Morgan fingerprint density at radius 2 is 1.60 bits per heavy atom. The van der Waals surface area contributed by atoms with Gasteiger partial charge in [-0.25, -0.2) is 8.42 Å². The second-order valence-corrected chi connectivity index (χ2v) is 9.33. The highest BCUT2D eigenvalue weighted by molar-refractivity contribution is 9.10. The Hall–Kier alpha value is -2.43. The van der Waals surface area contributed by atoms with Crippen LogP contribution in [0.25, 0.3) is 0 Å². The van der Waals surface area contributed by atoms with E-state index >= 15 is 0 Å². The lowest BCUT2D eigenvalue weighted by molar-refractivity contribution is -0.124. The zero-order valence-electron chi connectivity index (χ0n) is 16.8. The highest BCUT2D eigenvalue weighted by Gasteiger charge is 2.28. The minimum atomic E-state index is -3.93. The molecule has 0 aliphatic rings. The highest BCUT2D eigenvalue weighted by Crippen LogP contribution is 2.16. The lowest BCUT2D eigenvalue weighted by atomic mass is 10.1. The molecule has 2 amide bonds. The van der Waals surface area contributed by atoms with Crippen molar-refractivity contribution in [1.29, 1.82) is 0 Å². The van der Waals surface area contributed by atoms with E-state index in [1.54, 1.807) is 50.2 Å². The predicted octanol–water partition coefficient (Wildman–Crippen LogP) is 2.61. The summed E-state index contributed by atoms with van der Waals surface area (Å²) in [6.07, 6.45) is 0. The van der Waals surface area contributed by atoms with Crippen LogP contribution >= 0.6 is 15.9 Å². The maximum absolute atomic E-state index is 12.6. The van der Waals surface area contributed by atoms with Crippen LogP contribution in [0.5, 0.6) is 5.75 Å². The molecule has 2 aromatic rings. The molecule has 0 aromatic heterocycles. The molecule has 0 saturated carbocycles. The lowest BCUT2D eigenvalue weighted by Crippen LogP contribution is -2.54. The minimum Gasteiger partial charge on any atom is -0.494 e. The van der Waals surface area contributed by atoms with E-state index in [-0.39, 0.29) is 10.8 Å². The molecular formula is C20H24BrN3O5S. The molecule has 10 heteroatoms. The van der Waals surface area contributed by atoms with Gasteiger partial charge in [0.1, 0.15) is 11.8 Å². The molecule has 8 nitrogen and oxygen atoms in total. The summed E-state index contributed by atoms with van der Waals surface area (Å²) in [6, 6.07) is 11.4. The van der Waals surface area contributed by atoms with Crippen LogP contribution in [-0.2, 0) is 14.8 Å². The quantitative estimate of drug-likeness (QED) is 0.485. The van der Waals surface area contributed by atoms with Gasteiger partial charge in [-0.15, -0.1) is 0 Å². The molecular weight excluding hydrogens is 474 g/mol. The summed E-state index contributed by atoms with van der Waals surface area (Å²) in [5, 5.41) is 0. The van der Waals surface area contributed by atoms with E-state index in [9.17, 15) is 18.0 Å². The molecule has 0 aliphatic carbocycles. The van der Waals surface area contributed by atoms with Crippen LogP contribution in [0.2, 0.25) is 0 Å². The molecule has 0 radical (unpaired) electrons. The maximum Gasteiger partial charge on any atom is 0.269 e. The molecule has 0 unspecified atom stereocenters. The number of nitrogens with one attached hydrogen (secondary N) is 3. The topological polar surface area (TPSA) is 114 Å². The van der Waals surface area contributed by atoms with Crippen molar-refractivity contribution in [1.82, 2.24) is 15.6 Å². The number of rotatable bonds is 8. The third kappa shape index (κ3) is 6.54. The summed E-state index contributed by atoms with van der Waals surface area (Å²) in [4.78, 5) is 24.8. The van der Waals surface area contributed by atoms with Gasteiger partial charge in [-0.1, -0.05) is 29.8 Å². The molecule has 1 atom stereocenters. The number of carbonyl (C=O) groups is 2. The van der Waals surface area contributed by atoms with E-state index in [0.717, 1.165) is 4.47 Å². The third-order valence-corrected chi connectivity index (χ3v) is 6.07. The first-order valence-corrected chi connectivity index (χ1v) is 11.5. The SMILES string of the molecule is CCOc1ccc(C(=O)NNC(=O)[C@@H](NS(=O)(=O)c2ccc(Br)cc2)C(C)C)cc1. The van der Waals surface area contributed by atoms with E-state index < -0.39 is 27.9 Å². The van der Waals surface area contributed by atoms with Gasteiger partial charge in [0.25, 0.3) is 11.8 Å². The summed E-state index contributed by atoms with van der Waals surface area (Å²) in [6.45, 7) is 5.76. The predicted molar refractivity (Wildman–Crippen MR) is 116 cm³/mol. The Kier molecular flexibility index (Phi) is 8.39. The molecule has 162 valence electrons. The van der Waals surface area contributed by atoms with Gasteiger partial charge in [0.2, 0.25) is 10.0 Å². The van der Waals surface area contributed by atoms with Crippen molar-refractivity contribution in [2.45, 2.75) is 31.7 Å². The smallest absolute Gasteiger partial charge is 0.269 e. The van der Waals surface area contributed by atoms with Gasteiger partial charge in [0.15, 0.2) is 0 Å². The summed E-state index contributed by atoms with van der Waals surface area (Å²) in [5.74, 6) is -0.951. The molecule has 0 bridgehead atoms. The van der Waals surface area contributed by atoms with E-state index in [2.05, 4.69) is 31.5 Å². The normalized spacial score (nSPS) is 12.3. The van der Waals surface area contributed by atoms with Crippen LogP contribution < -0.4 is 20.3 Å². The number of hydrogen-bond donors (Lipinski definition) is 3. The van der Waals surface area contributed by atoms with E-state index in [1.807, 2.05) is 6.92 Å². The number of carbonyl (C=O) groups excluding carboxylic acids is 2. The number of amides is 2. The van der Waals surface area contributed by atoms with Crippen LogP contribution in [0.15, 0.2) is 57.9 Å². The van der Waals surface area contributed by atoms with Gasteiger partial charge in [-0.05, 0) is 61.4 Å². The zero-order valence-corrected chi connectivity index (χ0v) is 19.2. The van der Waals surface area contributed by atoms with Crippen molar-refractivity contribution < 1.29 is 22.7 Å². The zero-order chi connectivity index (χ0) is 22.3. The van der Waals surface area contributed by atoms with Crippen LogP contribution in [0.3, 0.4) is 0 Å². The van der Waals surface area contributed by atoms with Crippen LogP contribution in [0, 0.1) is 5.92 Å². The van der Waals surface area contributed by atoms with Gasteiger partial charge in [0, 0.05) is 10.0 Å². The number of benzene rings is 2. The summed E-state index contributed by atoms with van der Waals surface area (Å²) >= 11 is 3.25. The van der Waals surface area contributed by atoms with Crippen LogP contribution in [0.1, 0.15) is 31.1 Å². The molecule has 0 fully saturated rings. The van der Waals surface area contributed by atoms with Crippen LogP contribution in [-0.4, -0.2) is 32.9 Å². The Bertz CT molecular complexity index is 977. The van der Waals surface area contributed by atoms with Gasteiger partial charge >= 0.3 is 0 Å². The largest absolute Gasteiger partial charge is 0.494 e. The molecule has 2 aromatic carbocycles. The molecule has 0 spiro atoms. The summed E-state index contributed by atoms with van der Waals surface area (Å²) in [7, 11) is -3.93. The molecule has 2 rings (SSSR count). The standard InChI is InChI=1S/C20H24BrN3O5S/c1-4-29-16-9-5-14(6-10-16)19(25)22-23-20(26)18(13(2)3)24-30(27,28)17-11-7-15(21)8-12-17/h5-13,18,24H,4H2,1-3H3,(H,22,25)(H,23,26)/t18-/m0/s1. The Labute approximate surface area is 184 Å². The fourth-order valence-corrected chi connectivity index (χ4v) is 4.09. The molecule has 0 heterocycles. The Balaban J connectivity index is 2.03. The van der Waals surface area contributed by atoms with Gasteiger partial charge in [0.05, 0.1) is 11.5 Å². The monoisotopic (exact) mass is 497 g/mol. The van der Waals surface area contributed by atoms with E-state index in [0.29, 0.717) is 17.9 Å². The first-order chi connectivity index (χ1) is 14.1. The third-order valence-electron chi connectivity index (χ3n) is 4.08. The van der Waals surface area contributed by atoms with Crippen LogP contribution in [0.4, 0.5) is 0 Å². The van der Waals surface area contributed by atoms with Gasteiger partial charge in [-0.2, -0.15) is 4.72 Å². The fourth-order valence-electron chi connectivity index (χ4n) is 2.48. The van der Waals surface area contributed by atoms with E-state index in [4.69, 9.17) is 4.74 Å². The van der Waals surface area contributed by atoms with Crippen molar-refractivity contribution in [3.8, 4) is 5.75 Å². The van der Waals surface area contributed by atoms with Crippen molar-refractivity contribution >= 4 is 37.8 Å². The molecule has 30 heavy (non-hydrogen) atoms. The second kappa shape index (κ2) is 10.6. The van der Waals surface area contributed by atoms with Crippen molar-refractivity contribution in [3.63, 3.8) is 0 Å². The van der Waals surface area contributed by atoms with E-state index in [1.165, 1.54) is 12.1 Å². The number of hydrazine groups is 1. The number of sulfonamides is 1. The second-order valence-electron chi connectivity index (χ2n) is 6.70. The Morgan fingerprint density at radius 3 is 2.13 bits per heavy atom. The van der Waals surface area contributed by atoms with Gasteiger partial charge < -0.3 is 4.74 Å².